The van der Waals surface area contributed by atoms with E-state index in [2.05, 4.69) is 0 Å². The molecule has 8 nitrogen and oxygen atoms in total. The second-order valence-electron chi connectivity index (χ2n) is 5.00. The number of carbonyl (C=O) groups excluding carboxylic acids is 1. The van der Waals surface area contributed by atoms with Crippen LogP contribution in [0.4, 0.5) is 11.4 Å². The van der Waals surface area contributed by atoms with Gasteiger partial charge in [0, 0.05) is 24.7 Å². The number of hydrogen-bond acceptors (Lipinski definition) is 6. The zero-order chi connectivity index (χ0) is 15.8. The summed E-state index contributed by atoms with van der Waals surface area (Å²) in [7, 11) is -1.61. The molecule has 1 fully saturated rings. The number of hydrogen-bond donors (Lipinski definition) is 1. The van der Waals surface area contributed by atoms with Crippen LogP contribution in [0.15, 0.2) is 18.2 Å². The third kappa shape index (κ3) is 3.13. The fourth-order valence-electron chi connectivity index (χ4n) is 2.29. The van der Waals surface area contributed by atoms with E-state index in [9.17, 15) is 23.3 Å². The highest BCUT2D eigenvalue weighted by Gasteiger charge is 2.33. The van der Waals surface area contributed by atoms with E-state index in [1.54, 1.807) is 0 Å². The van der Waals surface area contributed by atoms with Crippen molar-refractivity contribution in [2.24, 2.45) is 0 Å². The van der Waals surface area contributed by atoms with Crippen LogP contribution in [0.5, 0.6) is 0 Å². The molecule has 0 spiro atoms. The maximum Gasteiger partial charge on any atom is 0.292 e. The van der Waals surface area contributed by atoms with Gasteiger partial charge in [0.1, 0.15) is 5.69 Å². The van der Waals surface area contributed by atoms with E-state index in [-0.39, 0.29) is 28.4 Å². The van der Waals surface area contributed by atoms with Gasteiger partial charge in [-0.2, -0.15) is 0 Å². The van der Waals surface area contributed by atoms with Crippen molar-refractivity contribution in [1.29, 1.82) is 0 Å². The number of amides is 1. The van der Waals surface area contributed by atoms with Crippen LogP contribution < -0.4 is 5.73 Å². The molecular formula is C12H15N3O5S. The van der Waals surface area contributed by atoms with E-state index in [1.165, 1.54) is 24.1 Å². The molecule has 1 heterocycles. The Kier molecular flexibility index (Phi) is 3.86. The summed E-state index contributed by atoms with van der Waals surface area (Å²) >= 11 is 0. The summed E-state index contributed by atoms with van der Waals surface area (Å²) in [6.07, 6.45) is 0.377. The lowest BCUT2D eigenvalue weighted by Crippen LogP contribution is -2.37. The molecule has 0 bridgehead atoms. The predicted molar refractivity (Wildman–Crippen MR) is 76.7 cm³/mol. The van der Waals surface area contributed by atoms with Gasteiger partial charge < -0.3 is 10.6 Å². The number of nitrogens with zero attached hydrogens (tertiary/aromatic N) is 2. The van der Waals surface area contributed by atoms with Gasteiger partial charge in [-0.25, -0.2) is 8.42 Å². The lowest BCUT2D eigenvalue weighted by Gasteiger charge is -2.23. The van der Waals surface area contributed by atoms with Gasteiger partial charge in [-0.15, -0.1) is 0 Å². The van der Waals surface area contributed by atoms with Crippen molar-refractivity contribution in [3.63, 3.8) is 0 Å². The van der Waals surface area contributed by atoms with Gasteiger partial charge in [-0.05, 0) is 18.6 Å². The van der Waals surface area contributed by atoms with Crippen molar-refractivity contribution in [3.8, 4) is 0 Å². The summed E-state index contributed by atoms with van der Waals surface area (Å²) in [5.74, 6) is -0.482. The van der Waals surface area contributed by atoms with Crippen molar-refractivity contribution in [1.82, 2.24) is 4.90 Å². The Morgan fingerprint density at radius 1 is 1.48 bits per heavy atom. The monoisotopic (exact) mass is 313 g/mol. The zero-order valence-electron chi connectivity index (χ0n) is 11.4. The van der Waals surface area contributed by atoms with Crippen LogP contribution in [-0.4, -0.2) is 48.7 Å². The third-order valence-electron chi connectivity index (χ3n) is 3.55. The maximum absolute atomic E-state index is 12.3. The van der Waals surface area contributed by atoms with Crippen LogP contribution in [0.2, 0.25) is 0 Å². The number of sulfone groups is 1. The predicted octanol–water partition coefficient (Wildman–Crippen LogP) is 0.436. The summed E-state index contributed by atoms with van der Waals surface area (Å²) in [4.78, 5) is 23.8. The van der Waals surface area contributed by atoms with Crippen LogP contribution in [0.1, 0.15) is 16.8 Å². The zero-order valence-corrected chi connectivity index (χ0v) is 12.2. The SMILES string of the molecule is CN(C(=O)c1ccc(N)c([N+](=O)[O-])c1)C1CCS(=O)(=O)C1. The summed E-state index contributed by atoms with van der Waals surface area (Å²) in [5, 5.41) is 10.8. The van der Waals surface area contributed by atoms with Crippen LogP contribution in [0.25, 0.3) is 0 Å². The number of nitrogen functional groups attached to an aromatic ring is 1. The first-order valence-electron chi connectivity index (χ1n) is 6.23. The Bertz CT molecular complexity index is 701. The molecule has 1 unspecified atom stereocenters. The molecule has 0 aromatic heterocycles. The molecule has 2 rings (SSSR count). The average Bonchev–Trinajstić information content (AvgIpc) is 2.77. The van der Waals surface area contributed by atoms with Crippen molar-refractivity contribution in [2.75, 3.05) is 24.3 Å². The second kappa shape index (κ2) is 5.32. The quantitative estimate of drug-likeness (QED) is 0.490. The van der Waals surface area contributed by atoms with Crippen LogP contribution in [0, 0.1) is 10.1 Å². The van der Waals surface area contributed by atoms with Crippen molar-refractivity contribution in [3.05, 3.63) is 33.9 Å². The largest absolute Gasteiger partial charge is 0.393 e. The highest BCUT2D eigenvalue weighted by atomic mass is 32.2. The highest BCUT2D eigenvalue weighted by Crippen LogP contribution is 2.24. The Balaban J connectivity index is 2.24. The first-order chi connectivity index (χ1) is 9.71. The molecule has 1 amide bonds. The summed E-state index contributed by atoms with van der Waals surface area (Å²) in [6, 6.07) is 3.39. The van der Waals surface area contributed by atoms with Crippen molar-refractivity contribution in [2.45, 2.75) is 12.5 Å². The molecule has 1 aromatic rings. The Hall–Kier alpha value is -2.16. The summed E-state index contributed by atoms with van der Waals surface area (Å²) in [5.41, 5.74) is 5.23. The van der Waals surface area contributed by atoms with E-state index in [0.717, 1.165) is 6.07 Å². The molecule has 0 aliphatic carbocycles. The highest BCUT2D eigenvalue weighted by molar-refractivity contribution is 7.91. The molecule has 1 aliphatic heterocycles. The number of anilines is 1. The lowest BCUT2D eigenvalue weighted by atomic mass is 10.1. The number of nitro groups is 1. The molecule has 0 radical (unpaired) electrons. The molecule has 1 saturated heterocycles. The van der Waals surface area contributed by atoms with E-state index in [1.807, 2.05) is 0 Å². The number of nitro benzene ring substituents is 1. The van der Waals surface area contributed by atoms with E-state index < -0.39 is 26.7 Å². The molecule has 114 valence electrons. The molecular weight excluding hydrogens is 298 g/mol. The Morgan fingerprint density at radius 3 is 2.67 bits per heavy atom. The number of carbonyl (C=O) groups is 1. The number of benzene rings is 1. The van der Waals surface area contributed by atoms with Crippen molar-refractivity contribution < 1.29 is 18.1 Å². The van der Waals surface area contributed by atoms with Gasteiger partial charge in [0.25, 0.3) is 11.6 Å². The van der Waals surface area contributed by atoms with E-state index in [0.29, 0.717) is 6.42 Å². The van der Waals surface area contributed by atoms with Gasteiger partial charge in [-0.1, -0.05) is 0 Å². The molecule has 2 N–H and O–H groups in total. The summed E-state index contributed by atoms with van der Waals surface area (Å²) < 4.78 is 22.9. The smallest absolute Gasteiger partial charge is 0.292 e. The van der Waals surface area contributed by atoms with Gasteiger partial charge in [0.05, 0.1) is 16.4 Å². The van der Waals surface area contributed by atoms with Gasteiger partial charge in [0.2, 0.25) is 0 Å². The molecule has 1 aliphatic rings. The van der Waals surface area contributed by atoms with Gasteiger partial charge in [0.15, 0.2) is 9.84 Å². The average molecular weight is 313 g/mol. The molecule has 1 atom stereocenters. The fraction of sp³-hybridized carbons (Fsp3) is 0.417. The molecule has 1 aromatic carbocycles. The maximum atomic E-state index is 12.3. The van der Waals surface area contributed by atoms with Crippen LogP contribution in [-0.2, 0) is 9.84 Å². The number of rotatable bonds is 3. The Morgan fingerprint density at radius 2 is 2.14 bits per heavy atom. The molecule has 21 heavy (non-hydrogen) atoms. The number of nitrogens with two attached hydrogens (primary N) is 1. The first kappa shape index (κ1) is 15.2. The molecule has 9 heteroatoms. The van der Waals surface area contributed by atoms with E-state index >= 15 is 0 Å². The second-order valence-corrected chi connectivity index (χ2v) is 7.23. The van der Waals surface area contributed by atoms with Crippen molar-refractivity contribution >= 4 is 27.1 Å². The summed E-state index contributed by atoms with van der Waals surface area (Å²) in [6.45, 7) is 0. The Labute approximate surface area is 121 Å². The lowest BCUT2D eigenvalue weighted by molar-refractivity contribution is -0.383. The minimum Gasteiger partial charge on any atom is -0.393 e. The fourth-order valence-corrected chi connectivity index (χ4v) is 4.06. The molecule has 0 saturated carbocycles. The normalized spacial score (nSPS) is 20.1. The van der Waals surface area contributed by atoms with Crippen LogP contribution >= 0.6 is 0 Å². The third-order valence-corrected chi connectivity index (χ3v) is 5.30. The standard InChI is InChI=1S/C12H15N3O5S/c1-14(9-4-5-21(19,20)7-9)12(16)8-2-3-10(13)11(6-8)15(17)18/h2-3,6,9H,4-5,7,13H2,1H3. The minimum atomic E-state index is -3.11. The first-order valence-corrected chi connectivity index (χ1v) is 8.05. The van der Waals surface area contributed by atoms with Gasteiger partial charge >= 0.3 is 0 Å². The minimum absolute atomic E-state index is 0.0253. The topological polar surface area (TPSA) is 124 Å². The van der Waals surface area contributed by atoms with E-state index in [4.69, 9.17) is 5.73 Å². The van der Waals surface area contributed by atoms with Crippen LogP contribution in [0.3, 0.4) is 0 Å². The van der Waals surface area contributed by atoms with Gasteiger partial charge in [-0.3, -0.25) is 14.9 Å².